The first kappa shape index (κ1) is 30.6. The van der Waals surface area contributed by atoms with Gasteiger partial charge in [0.15, 0.2) is 0 Å². The van der Waals surface area contributed by atoms with E-state index in [1.165, 1.54) is 24.3 Å². The van der Waals surface area contributed by atoms with Crippen molar-refractivity contribution in [1.82, 2.24) is 9.91 Å². The summed E-state index contributed by atoms with van der Waals surface area (Å²) in [5.74, 6) is -7.88. The zero-order chi connectivity index (χ0) is 33.4. The van der Waals surface area contributed by atoms with Crippen LogP contribution in [-0.4, -0.2) is 51.8 Å². The van der Waals surface area contributed by atoms with Crippen molar-refractivity contribution in [2.24, 2.45) is 23.7 Å². The number of ether oxygens (including phenoxy) is 1. The number of carbonyl (C=O) groups excluding carboxylic acids is 5. The van der Waals surface area contributed by atoms with Gasteiger partial charge in [-0.3, -0.25) is 24.6 Å². The first-order chi connectivity index (χ1) is 22.5. The molecule has 2 N–H and O–H groups in total. The number of allylic oxidation sites excluding steroid dienone is 2. The fourth-order valence-electron chi connectivity index (χ4n) is 8.19. The number of halogens is 2. The van der Waals surface area contributed by atoms with Gasteiger partial charge in [-0.15, -0.1) is 0 Å². The van der Waals surface area contributed by atoms with Crippen LogP contribution in [0.25, 0.3) is 0 Å². The highest BCUT2D eigenvalue weighted by atomic mass is 35.5. The summed E-state index contributed by atoms with van der Waals surface area (Å²) in [5, 5.41) is 12.9. The zero-order valence-corrected chi connectivity index (χ0v) is 26.0. The van der Waals surface area contributed by atoms with Crippen molar-refractivity contribution >= 4 is 47.0 Å². The van der Waals surface area contributed by atoms with Crippen molar-refractivity contribution in [1.29, 1.82) is 0 Å². The Labute approximate surface area is 273 Å². The predicted octanol–water partition coefficient (Wildman–Crippen LogP) is 5.24. The zero-order valence-electron chi connectivity index (χ0n) is 25.3. The highest BCUT2D eigenvalue weighted by Gasteiger charge is 2.71. The molecule has 1 saturated carbocycles. The van der Waals surface area contributed by atoms with E-state index in [4.69, 9.17) is 16.3 Å². The maximum atomic E-state index is 15.0. The Hall–Kier alpha value is -5.03. The number of likely N-dealkylation sites (tertiary alicyclic amines) is 1. The van der Waals surface area contributed by atoms with Gasteiger partial charge in [0.1, 0.15) is 11.6 Å². The number of para-hydroxylation sites is 1. The Morgan fingerprint density at radius 1 is 0.979 bits per heavy atom. The molecule has 2 aliphatic carbocycles. The van der Waals surface area contributed by atoms with Gasteiger partial charge in [0.25, 0.3) is 11.8 Å². The maximum absolute atomic E-state index is 15.0. The third-order valence-electron chi connectivity index (χ3n) is 10.2. The van der Waals surface area contributed by atoms with E-state index in [0.29, 0.717) is 32.2 Å². The van der Waals surface area contributed by atoms with Gasteiger partial charge in [-0.05, 0) is 73.2 Å². The summed E-state index contributed by atoms with van der Waals surface area (Å²) in [6.45, 7) is 1.72. The van der Waals surface area contributed by atoms with Crippen molar-refractivity contribution in [2.45, 2.75) is 31.1 Å². The molecule has 0 radical (unpaired) electrons. The number of benzene rings is 3. The second kappa shape index (κ2) is 11.0. The second-order valence-electron chi connectivity index (χ2n) is 12.4. The van der Waals surface area contributed by atoms with Crippen molar-refractivity contribution in [3.05, 3.63) is 106 Å². The van der Waals surface area contributed by atoms with E-state index in [0.717, 1.165) is 12.1 Å². The molecule has 10 nitrogen and oxygen atoms in total. The van der Waals surface area contributed by atoms with E-state index in [-0.39, 0.29) is 24.3 Å². The van der Waals surface area contributed by atoms with E-state index in [2.05, 4.69) is 5.43 Å². The lowest BCUT2D eigenvalue weighted by Gasteiger charge is -2.50. The lowest BCUT2D eigenvalue weighted by atomic mass is 9.49. The first-order valence-corrected chi connectivity index (χ1v) is 15.5. The SMILES string of the molecule is COC(=O)N1C(=O)C2CC=C3C(CC4C(=O)N(Nc5ccc(F)cc5)C(=O)C4(c4ccc(Cl)cc4)C3c3cccc(C)c3O)C2C1=O. The van der Waals surface area contributed by atoms with Gasteiger partial charge in [-0.2, -0.15) is 9.91 Å². The normalized spacial score (nSPS) is 28.1. The monoisotopic (exact) mass is 657 g/mol. The molecule has 2 heterocycles. The summed E-state index contributed by atoms with van der Waals surface area (Å²) in [6, 6.07) is 16.9. The molecule has 3 aromatic rings. The number of phenols is 1. The molecule has 0 bridgehead atoms. The number of amides is 5. The number of fused-ring (bicyclic) bond motifs is 4. The number of aryl methyl sites for hydroxylation is 1. The number of anilines is 1. The van der Waals surface area contributed by atoms with E-state index in [1.54, 1.807) is 49.4 Å². The van der Waals surface area contributed by atoms with Crippen LogP contribution in [0.15, 0.2) is 78.4 Å². The number of hydrogen-bond acceptors (Lipinski definition) is 8. The number of aromatic hydroxyl groups is 1. The molecule has 6 unspecified atom stereocenters. The van der Waals surface area contributed by atoms with Crippen LogP contribution in [0, 0.1) is 36.4 Å². The largest absolute Gasteiger partial charge is 0.507 e. The smallest absolute Gasteiger partial charge is 0.423 e. The lowest BCUT2D eigenvalue weighted by Crippen LogP contribution is -2.53. The first-order valence-electron chi connectivity index (χ1n) is 15.1. The molecule has 0 spiro atoms. The van der Waals surface area contributed by atoms with Crippen LogP contribution in [-0.2, 0) is 29.3 Å². The number of hydrogen-bond donors (Lipinski definition) is 2. The van der Waals surface area contributed by atoms with Gasteiger partial charge in [0, 0.05) is 16.5 Å². The molecule has 3 fully saturated rings. The van der Waals surface area contributed by atoms with Crippen molar-refractivity contribution in [3.8, 4) is 5.75 Å². The van der Waals surface area contributed by atoms with Gasteiger partial charge in [-0.25, -0.2) is 9.18 Å². The third kappa shape index (κ3) is 4.32. The van der Waals surface area contributed by atoms with Crippen LogP contribution in [0.2, 0.25) is 5.02 Å². The summed E-state index contributed by atoms with van der Waals surface area (Å²) in [4.78, 5) is 69.9. The molecule has 12 heteroatoms. The maximum Gasteiger partial charge on any atom is 0.423 e. The van der Waals surface area contributed by atoms with E-state index >= 15 is 4.79 Å². The minimum absolute atomic E-state index is 0.0150. The van der Waals surface area contributed by atoms with Crippen LogP contribution in [0.1, 0.15) is 35.4 Å². The van der Waals surface area contributed by atoms with E-state index in [1.807, 2.05) is 6.08 Å². The molecular weight excluding hydrogens is 629 g/mol. The number of phenolic OH excluding ortho intramolecular Hbond substituents is 1. The van der Waals surface area contributed by atoms with Gasteiger partial charge < -0.3 is 9.84 Å². The second-order valence-corrected chi connectivity index (χ2v) is 12.8. The predicted molar refractivity (Wildman–Crippen MR) is 166 cm³/mol. The van der Waals surface area contributed by atoms with E-state index in [9.17, 15) is 28.7 Å². The number of nitrogens with zero attached hydrogens (tertiary/aromatic N) is 2. The molecule has 47 heavy (non-hydrogen) atoms. The minimum Gasteiger partial charge on any atom is -0.507 e. The molecule has 5 amide bonds. The molecule has 7 rings (SSSR count). The Morgan fingerprint density at radius 2 is 1.68 bits per heavy atom. The molecule has 4 aliphatic rings. The van der Waals surface area contributed by atoms with Gasteiger partial charge in [0.2, 0.25) is 11.8 Å². The summed E-state index contributed by atoms with van der Waals surface area (Å²) in [5.41, 5.74) is 3.49. The molecule has 2 aliphatic heterocycles. The van der Waals surface area contributed by atoms with Gasteiger partial charge in [-0.1, -0.05) is 53.6 Å². The number of imide groups is 4. The number of rotatable bonds is 4. The topological polar surface area (TPSA) is 133 Å². The molecule has 0 aromatic heterocycles. The fraction of sp³-hybridized carbons (Fsp3) is 0.286. The molecule has 6 atom stereocenters. The third-order valence-corrected chi connectivity index (χ3v) is 10.4. The summed E-state index contributed by atoms with van der Waals surface area (Å²) in [7, 11) is 1.08. The van der Waals surface area contributed by atoms with Crippen LogP contribution < -0.4 is 5.43 Å². The Kier molecular flexibility index (Phi) is 7.20. The van der Waals surface area contributed by atoms with Crippen LogP contribution in [0.3, 0.4) is 0 Å². The molecule has 240 valence electrons. The Bertz CT molecular complexity index is 1900. The van der Waals surface area contributed by atoms with Gasteiger partial charge in [0.05, 0.1) is 36.0 Å². The van der Waals surface area contributed by atoms with E-state index < -0.39 is 70.5 Å². The van der Waals surface area contributed by atoms with Crippen molar-refractivity contribution in [2.75, 3.05) is 12.5 Å². The summed E-state index contributed by atoms with van der Waals surface area (Å²) < 4.78 is 18.5. The van der Waals surface area contributed by atoms with Gasteiger partial charge >= 0.3 is 6.09 Å². The highest BCUT2D eigenvalue weighted by Crippen LogP contribution is 2.65. The Morgan fingerprint density at radius 3 is 2.36 bits per heavy atom. The minimum atomic E-state index is -1.64. The quantitative estimate of drug-likeness (QED) is 0.287. The van der Waals surface area contributed by atoms with Crippen LogP contribution in [0.4, 0.5) is 14.9 Å². The van der Waals surface area contributed by atoms with Crippen LogP contribution >= 0.6 is 11.6 Å². The molecule has 2 saturated heterocycles. The number of methoxy groups -OCH3 is 1. The number of nitrogens with one attached hydrogen (secondary N) is 1. The number of carbonyl (C=O) groups is 5. The fourth-order valence-corrected chi connectivity index (χ4v) is 8.31. The number of hydrazine groups is 1. The molecule has 3 aromatic carbocycles. The standard InChI is InChI=1S/C35H29ClFN3O7/c1-17-4-3-5-24(29(17)41)28-22-14-15-23-27(32(44)39(30(23)42)34(46)47-2)25(22)16-26-31(43)40(38-21-12-10-20(37)11-13-21)33(45)35(26,28)18-6-8-19(36)9-7-18/h3-14,23,25-28,38,41H,15-16H2,1-2H3. The summed E-state index contributed by atoms with van der Waals surface area (Å²) in [6.07, 6.45) is 0.806. The average molecular weight is 658 g/mol. The summed E-state index contributed by atoms with van der Waals surface area (Å²) >= 11 is 6.29. The van der Waals surface area contributed by atoms with Crippen molar-refractivity contribution < 1.29 is 38.2 Å². The highest BCUT2D eigenvalue weighted by molar-refractivity contribution is 6.30. The average Bonchev–Trinajstić information content (AvgIpc) is 3.44. The Balaban J connectivity index is 1.47. The van der Waals surface area contributed by atoms with Crippen molar-refractivity contribution in [3.63, 3.8) is 0 Å². The molecular formula is C35H29ClFN3O7. The van der Waals surface area contributed by atoms with Crippen LogP contribution in [0.5, 0.6) is 5.75 Å². The lowest BCUT2D eigenvalue weighted by molar-refractivity contribution is -0.140.